The topological polar surface area (TPSA) is 15.3 Å². The SMILES string of the molecule is Cc1ccc(N2CCc3ccccc32)c(CNC(C)C)c1. The molecule has 2 aromatic rings. The zero-order valence-electron chi connectivity index (χ0n) is 13.2. The van der Waals surface area contributed by atoms with Crippen LogP contribution in [0.5, 0.6) is 0 Å². The summed E-state index contributed by atoms with van der Waals surface area (Å²) in [5.41, 5.74) is 6.89. The fraction of sp³-hybridized carbons (Fsp3) is 0.368. The molecule has 0 saturated carbocycles. The highest BCUT2D eigenvalue weighted by Gasteiger charge is 2.21. The Bertz CT molecular complexity index is 631. The Morgan fingerprint density at radius 3 is 2.71 bits per heavy atom. The normalized spacial score (nSPS) is 13.8. The minimum absolute atomic E-state index is 0.504. The van der Waals surface area contributed by atoms with E-state index in [1.165, 1.54) is 28.1 Å². The maximum absolute atomic E-state index is 3.55. The third kappa shape index (κ3) is 2.96. The quantitative estimate of drug-likeness (QED) is 0.903. The molecule has 0 atom stereocenters. The van der Waals surface area contributed by atoms with E-state index >= 15 is 0 Å². The van der Waals surface area contributed by atoms with Crippen molar-refractivity contribution in [2.45, 2.75) is 39.8 Å². The number of para-hydroxylation sites is 1. The third-order valence-electron chi connectivity index (χ3n) is 4.11. The van der Waals surface area contributed by atoms with Crippen molar-refractivity contribution in [1.29, 1.82) is 0 Å². The first-order valence-electron chi connectivity index (χ1n) is 7.83. The highest BCUT2D eigenvalue weighted by molar-refractivity contribution is 5.72. The van der Waals surface area contributed by atoms with Crippen LogP contribution in [0.4, 0.5) is 11.4 Å². The van der Waals surface area contributed by atoms with Gasteiger partial charge in [-0.25, -0.2) is 0 Å². The Hall–Kier alpha value is -1.80. The molecule has 0 aromatic heterocycles. The van der Waals surface area contributed by atoms with Crippen molar-refractivity contribution < 1.29 is 0 Å². The predicted molar refractivity (Wildman–Crippen MR) is 90.3 cm³/mol. The molecule has 2 aromatic carbocycles. The number of fused-ring (bicyclic) bond motifs is 1. The van der Waals surface area contributed by atoms with Crippen LogP contribution in [-0.2, 0) is 13.0 Å². The number of benzene rings is 2. The largest absolute Gasteiger partial charge is 0.341 e. The Morgan fingerprint density at radius 2 is 1.90 bits per heavy atom. The molecule has 0 amide bonds. The zero-order chi connectivity index (χ0) is 14.8. The Balaban J connectivity index is 1.95. The standard InChI is InChI=1S/C19H24N2/c1-14(2)20-13-17-12-15(3)8-9-19(17)21-11-10-16-6-4-5-7-18(16)21/h4-9,12,14,20H,10-11,13H2,1-3H3. The minimum atomic E-state index is 0.504. The first-order valence-corrected chi connectivity index (χ1v) is 7.83. The van der Waals surface area contributed by atoms with Crippen molar-refractivity contribution in [3.05, 3.63) is 59.2 Å². The molecule has 1 aliphatic rings. The van der Waals surface area contributed by atoms with Crippen molar-refractivity contribution in [2.24, 2.45) is 0 Å². The molecular weight excluding hydrogens is 256 g/mol. The molecule has 0 aliphatic carbocycles. The Labute approximate surface area is 127 Å². The van der Waals surface area contributed by atoms with Gasteiger partial charge >= 0.3 is 0 Å². The van der Waals surface area contributed by atoms with Crippen LogP contribution in [0.3, 0.4) is 0 Å². The van der Waals surface area contributed by atoms with Crippen LogP contribution in [0, 0.1) is 6.92 Å². The number of anilines is 2. The maximum Gasteiger partial charge on any atom is 0.0456 e. The number of hydrogen-bond donors (Lipinski definition) is 1. The van der Waals surface area contributed by atoms with Crippen LogP contribution >= 0.6 is 0 Å². The molecule has 0 radical (unpaired) electrons. The molecule has 0 bridgehead atoms. The molecule has 0 saturated heterocycles. The molecule has 110 valence electrons. The van der Waals surface area contributed by atoms with Crippen molar-refractivity contribution in [2.75, 3.05) is 11.4 Å². The first kappa shape index (κ1) is 14.2. The van der Waals surface area contributed by atoms with E-state index in [0.717, 1.165) is 19.5 Å². The summed E-state index contributed by atoms with van der Waals surface area (Å²) in [5, 5.41) is 3.55. The summed E-state index contributed by atoms with van der Waals surface area (Å²) in [4.78, 5) is 2.46. The lowest BCUT2D eigenvalue weighted by Crippen LogP contribution is -2.24. The summed E-state index contributed by atoms with van der Waals surface area (Å²) in [5.74, 6) is 0. The van der Waals surface area contributed by atoms with Crippen molar-refractivity contribution in [3.63, 3.8) is 0 Å². The van der Waals surface area contributed by atoms with E-state index in [-0.39, 0.29) is 0 Å². The van der Waals surface area contributed by atoms with E-state index in [0.29, 0.717) is 6.04 Å². The number of aryl methyl sites for hydroxylation is 1. The highest BCUT2D eigenvalue weighted by Crippen LogP contribution is 2.36. The molecule has 2 nitrogen and oxygen atoms in total. The van der Waals surface area contributed by atoms with Gasteiger partial charge in [0.15, 0.2) is 0 Å². The lowest BCUT2D eigenvalue weighted by atomic mass is 10.1. The van der Waals surface area contributed by atoms with Gasteiger partial charge in [-0.05, 0) is 36.6 Å². The first-order chi connectivity index (χ1) is 10.1. The molecule has 3 rings (SSSR count). The van der Waals surface area contributed by atoms with E-state index in [1.807, 2.05) is 0 Å². The van der Waals surface area contributed by atoms with Crippen LogP contribution in [-0.4, -0.2) is 12.6 Å². The van der Waals surface area contributed by atoms with E-state index in [2.05, 4.69) is 73.5 Å². The van der Waals surface area contributed by atoms with Gasteiger partial charge in [0.25, 0.3) is 0 Å². The van der Waals surface area contributed by atoms with E-state index < -0.39 is 0 Å². The summed E-state index contributed by atoms with van der Waals surface area (Å²) in [6, 6.07) is 16.1. The lowest BCUT2D eigenvalue weighted by molar-refractivity contribution is 0.588. The van der Waals surface area contributed by atoms with Crippen molar-refractivity contribution in [3.8, 4) is 0 Å². The highest BCUT2D eigenvalue weighted by atomic mass is 15.2. The van der Waals surface area contributed by atoms with Crippen LogP contribution in [0.1, 0.15) is 30.5 Å². The monoisotopic (exact) mass is 280 g/mol. The van der Waals surface area contributed by atoms with Gasteiger partial charge in [0.05, 0.1) is 0 Å². The van der Waals surface area contributed by atoms with Crippen molar-refractivity contribution >= 4 is 11.4 Å². The van der Waals surface area contributed by atoms with E-state index in [9.17, 15) is 0 Å². The molecule has 1 aliphatic heterocycles. The fourth-order valence-electron chi connectivity index (χ4n) is 3.02. The average molecular weight is 280 g/mol. The van der Waals surface area contributed by atoms with Gasteiger partial charge in [-0.2, -0.15) is 0 Å². The molecule has 1 N–H and O–H groups in total. The van der Waals surface area contributed by atoms with Gasteiger partial charge in [-0.15, -0.1) is 0 Å². The van der Waals surface area contributed by atoms with Crippen LogP contribution in [0.15, 0.2) is 42.5 Å². The molecule has 0 unspecified atom stereocenters. The second-order valence-electron chi connectivity index (χ2n) is 6.20. The summed E-state index contributed by atoms with van der Waals surface area (Å²) >= 11 is 0. The van der Waals surface area contributed by atoms with Crippen molar-refractivity contribution in [1.82, 2.24) is 5.32 Å². The van der Waals surface area contributed by atoms with Gasteiger partial charge in [-0.3, -0.25) is 0 Å². The molecule has 21 heavy (non-hydrogen) atoms. The summed E-state index contributed by atoms with van der Waals surface area (Å²) in [6.45, 7) is 8.56. The van der Waals surface area contributed by atoms with E-state index in [4.69, 9.17) is 0 Å². The summed E-state index contributed by atoms with van der Waals surface area (Å²) in [7, 11) is 0. The van der Waals surface area contributed by atoms with Gasteiger partial charge in [-0.1, -0.05) is 49.7 Å². The second kappa shape index (κ2) is 5.90. The average Bonchev–Trinajstić information content (AvgIpc) is 2.89. The molecule has 2 heteroatoms. The smallest absolute Gasteiger partial charge is 0.0456 e. The van der Waals surface area contributed by atoms with Gasteiger partial charge < -0.3 is 10.2 Å². The fourth-order valence-corrected chi connectivity index (χ4v) is 3.02. The van der Waals surface area contributed by atoms with Crippen LogP contribution < -0.4 is 10.2 Å². The van der Waals surface area contributed by atoms with Gasteiger partial charge in [0.1, 0.15) is 0 Å². The summed E-state index contributed by atoms with van der Waals surface area (Å²) < 4.78 is 0. The zero-order valence-corrected chi connectivity index (χ0v) is 13.2. The number of hydrogen-bond acceptors (Lipinski definition) is 2. The number of nitrogens with zero attached hydrogens (tertiary/aromatic N) is 1. The van der Waals surface area contributed by atoms with E-state index in [1.54, 1.807) is 0 Å². The Morgan fingerprint density at radius 1 is 1.10 bits per heavy atom. The number of nitrogens with one attached hydrogen (secondary N) is 1. The lowest BCUT2D eigenvalue weighted by Gasteiger charge is -2.24. The third-order valence-corrected chi connectivity index (χ3v) is 4.11. The summed E-state index contributed by atoms with van der Waals surface area (Å²) in [6.07, 6.45) is 1.14. The molecule has 0 fully saturated rings. The van der Waals surface area contributed by atoms with Gasteiger partial charge in [0, 0.05) is 30.5 Å². The predicted octanol–water partition coefficient (Wildman–Crippen LogP) is 4.19. The Kier molecular flexibility index (Phi) is 3.98. The molecular formula is C19H24N2. The maximum atomic E-state index is 3.55. The molecule has 1 heterocycles. The van der Waals surface area contributed by atoms with Crippen LogP contribution in [0.2, 0.25) is 0 Å². The second-order valence-corrected chi connectivity index (χ2v) is 6.20. The van der Waals surface area contributed by atoms with Gasteiger partial charge in [0.2, 0.25) is 0 Å². The van der Waals surface area contributed by atoms with Crippen LogP contribution in [0.25, 0.3) is 0 Å². The molecule has 0 spiro atoms. The number of rotatable bonds is 4. The minimum Gasteiger partial charge on any atom is -0.341 e.